The summed E-state index contributed by atoms with van der Waals surface area (Å²) in [6.45, 7) is 2.06. The number of aryl methyl sites for hydroxylation is 1. The van der Waals surface area contributed by atoms with E-state index in [2.05, 4.69) is 17.6 Å². The average Bonchev–Trinajstić information content (AvgIpc) is 2.60. The number of aliphatic hydroxyl groups excluding tert-OH is 1. The molecule has 1 rings (SSSR count). The Labute approximate surface area is 90.9 Å². The zero-order chi connectivity index (χ0) is 11.1. The summed E-state index contributed by atoms with van der Waals surface area (Å²) in [4.78, 5) is 0. The van der Waals surface area contributed by atoms with E-state index in [0.717, 1.165) is 19.5 Å². The summed E-state index contributed by atoms with van der Waals surface area (Å²) in [7, 11) is 3.60. The van der Waals surface area contributed by atoms with Crippen LogP contribution in [0.3, 0.4) is 0 Å². The Morgan fingerprint density at radius 1 is 1.60 bits per heavy atom. The first kappa shape index (κ1) is 12.2. The third kappa shape index (κ3) is 4.97. The molecule has 0 aliphatic rings. The number of aliphatic hydroxyl groups is 1. The topological polar surface area (TPSA) is 46.4 Å². The van der Waals surface area contributed by atoms with Gasteiger partial charge in [-0.1, -0.05) is 0 Å². The van der Waals surface area contributed by atoms with Gasteiger partial charge in [0.2, 0.25) is 0 Å². The Bertz CT molecular complexity index is 273. The molecule has 0 aliphatic carbocycles. The van der Waals surface area contributed by atoms with E-state index in [1.807, 2.05) is 17.8 Å². The van der Waals surface area contributed by atoms with Crippen LogP contribution >= 0.6 is 0 Å². The summed E-state index contributed by atoms with van der Waals surface area (Å²) in [6, 6.07) is 2.08. The second kappa shape index (κ2) is 6.61. The molecule has 0 spiro atoms. The summed E-state index contributed by atoms with van der Waals surface area (Å²) in [5.41, 5.74) is 1.26. The lowest BCUT2D eigenvalue weighted by atomic mass is 10.2. The van der Waals surface area contributed by atoms with Crippen molar-refractivity contribution < 1.29 is 9.84 Å². The van der Waals surface area contributed by atoms with E-state index in [4.69, 9.17) is 4.74 Å². The van der Waals surface area contributed by atoms with Gasteiger partial charge in [-0.3, -0.25) is 0 Å². The van der Waals surface area contributed by atoms with E-state index >= 15 is 0 Å². The van der Waals surface area contributed by atoms with Crippen LogP contribution in [0.25, 0.3) is 0 Å². The van der Waals surface area contributed by atoms with E-state index in [1.165, 1.54) is 5.56 Å². The fourth-order valence-electron chi connectivity index (χ4n) is 1.44. The van der Waals surface area contributed by atoms with Crippen molar-refractivity contribution in [3.63, 3.8) is 0 Å². The molecule has 1 unspecified atom stereocenters. The molecule has 86 valence electrons. The molecule has 0 amide bonds. The maximum absolute atomic E-state index is 9.38. The number of nitrogens with zero attached hydrogens (tertiary/aromatic N) is 1. The molecule has 0 aliphatic heterocycles. The van der Waals surface area contributed by atoms with Crippen LogP contribution in [-0.2, 0) is 18.3 Å². The molecular formula is C11H20N2O2. The minimum Gasteiger partial charge on any atom is -0.391 e. The molecule has 4 nitrogen and oxygen atoms in total. The van der Waals surface area contributed by atoms with Crippen molar-refractivity contribution >= 4 is 0 Å². The second-order valence-electron chi connectivity index (χ2n) is 3.76. The fourth-order valence-corrected chi connectivity index (χ4v) is 1.44. The Hall–Kier alpha value is -0.840. The highest BCUT2D eigenvalue weighted by Crippen LogP contribution is 1.98. The van der Waals surface area contributed by atoms with Gasteiger partial charge in [-0.25, -0.2) is 0 Å². The van der Waals surface area contributed by atoms with Gasteiger partial charge in [0.15, 0.2) is 0 Å². The van der Waals surface area contributed by atoms with Gasteiger partial charge in [-0.15, -0.1) is 0 Å². The quantitative estimate of drug-likeness (QED) is 0.647. The lowest BCUT2D eigenvalue weighted by Crippen LogP contribution is -2.22. The first-order chi connectivity index (χ1) is 7.22. The molecule has 1 aromatic heterocycles. The molecule has 0 saturated carbocycles. The second-order valence-corrected chi connectivity index (χ2v) is 3.76. The Morgan fingerprint density at radius 2 is 2.40 bits per heavy atom. The predicted molar refractivity (Wildman–Crippen MR) is 59.6 cm³/mol. The molecule has 0 radical (unpaired) electrons. The summed E-state index contributed by atoms with van der Waals surface area (Å²) in [5, 5.41) is 12.7. The van der Waals surface area contributed by atoms with Crippen LogP contribution < -0.4 is 5.32 Å². The summed E-state index contributed by atoms with van der Waals surface area (Å²) >= 11 is 0. The van der Waals surface area contributed by atoms with Crippen LogP contribution in [0, 0.1) is 0 Å². The predicted octanol–water partition coefficient (Wildman–Crippen LogP) is 0.512. The van der Waals surface area contributed by atoms with Crippen molar-refractivity contribution in [2.75, 3.05) is 20.3 Å². The number of nitrogens with one attached hydrogen (secondary N) is 1. The smallest absolute Gasteiger partial charge is 0.0785 e. The molecule has 2 N–H and O–H groups in total. The summed E-state index contributed by atoms with van der Waals surface area (Å²) < 4.78 is 6.87. The Kier molecular flexibility index (Phi) is 5.39. The first-order valence-corrected chi connectivity index (χ1v) is 5.21. The van der Waals surface area contributed by atoms with Crippen molar-refractivity contribution in [2.45, 2.75) is 19.1 Å². The summed E-state index contributed by atoms with van der Waals surface area (Å²) in [6.07, 6.45) is 4.47. The number of rotatable bonds is 7. The van der Waals surface area contributed by atoms with Crippen molar-refractivity contribution in [3.05, 3.63) is 24.0 Å². The van der Waals surface area contributed by atoms with E-state index in [1.54, 1.807) is 7.11 Å². The molecule has 1 aromatic rings. The van der Waals surface area contributed by atoms with Crippen molar-refractivity contribution in [3.8, 4) is 0 Å². The van der Waals surface area contributed by atoms with Crippen LogP contribution in [0.4, 0.5) is 0 Å². The van der Waals surface area contributed by atoms with Crippen molar-refractivity contribution in [1.29, 1.82) is 0 Å². The SMILES string of the molecule is COCC(O)CCNCc1ccn(C)c1. The van der Waals surface area contributed by atoms with Crippen LogP contribution in [-0.4, -0.2) is 36.0 Å². The molecule has 0 bridgehead atoms. The van der Waals surface area contributed by atoms with Gasteiger partial charge in [0.25, 0.3) is 0 Å². The molecule has 1 heterocycles. The van der Waals surface area contributed by atoms with Crippen LogP contribution in [0.15, 0.2) is 18.5 Å². The Balaban J connectivity index is 2.06. The van der Waals surface area contributed by atoms with Gasteiger partial charge in [-0.2, -0.15) is 0 Å². The van der Waals surface area contributed by atoms with E-state index < -0.39 is 0 Å². The monoisotopic (exact) mass is 212 g/mol. The first-order valence-electron chi connectivity index (χ1n) is 5.21. The molecule has 0 saturated heterocycles. The number of aromatic nitrogens is 1. The summed E-state index contributed by atoms with van der Waals surface area (Å²) in [5.74, 6) is 0. The van der Waals surface area contributed by atoms with Crippen molar-refractivity contribution in [1.82, 2.24) is 9.88 Å². The van der Waals surface area contributed by atoms with E-state index in [-0.39, 0.29) is 6.10 Å². The van der Waals surface area contributed by atoms with Crippen LogP contribution in [0.5, 0.6) is 0 Å². The number of hydrogen-bond donors (Lipinski definition) is 2. The highest BCUT2D eigenvalue weighted by Gasteiger charge is 2.02. The van der Waals surface area contributed by atoms with Gasteiger partial charge in [0.05, 0.1) is 12.7 Å². The van der Waals surface area contributed by atoms with E-state index in [0.29, 0.717) is 6.61 Å². The lowest BCUT2D eigenvalue weighted by Gasteiger charge is -2.09. The molecule has 0 aromatic carbocycles. The molecule has 1 atom stereocenters. The minimum absolute atomic E-state index is 0.363. The van der Waals surface area contributed by atoms with Gasteiger partial charge >= 0.3 is 0 Å². The highest BCUT2D eigenvalue weighted by atomic mass is 16.5. The minimum atomic E-state index is -0.363. The number of hydrogen-bond acceptors (Lipinski definition) is 3. The van der Waals surface area contributed by atoms with Gasteiger partial charge < -0.3 is 19.7 Å². The standard InChI is InChI=1S/C11H20N2O2/c1-13-6-4-10(8-13)7-12-5-3-11(14)9-15-2/h4,6,8,11-12,14H,3,5,7,9H2,1-2H3. The zero-order valence-corrected chi connectivity index (χ0v) is 9.44. The maximum Gasteiger partial charge on any atom is 0.0785 e. The third-order valence-corrected chi connectivity index (χ3v) is 2.24. The molecule has 15 heavy (non-hydrogen) atoms. The van der Waals surface area contributed by atoms with Gasteiger partial charge in [0, 0.05) is 33.1 Å². The van der Waals surface area contributed by atoms with Crippen LogP contribution in [0.1, 0.15) is 12.0 Å². The molecular weight excluding hydrogens is 192 g/mol. The van der Waals surface area contributed by atoms with E-state index in [9.17, 15) is 5.11 Å². The number of ether oxygens (including phenoxy) is 1. The molecule has 4 heteroatoms. The largest absolute Gasteiger partial charge is 0.391 e. The zero-order valence-electron chi connectivity index (χ0n) is 9.44. The van der Waals surface area contributed by atoms with Crippen LogP contribution in [0.2, 0.25) is 0 Å². The number of methoxy groups -OCH3 is 1. The Morgan fingerprint density at radius 3 is 3.00 bits per heavy atom. The van der Waals surface area contributed by atoms with Crippen molar-refractivity contribution in [2.24, 2.45) is 7.05 Å². The van der Waals surface area contributed by atoms with Gasteiger partial charge in [-0.05, 0) is 24.6 Å². The lowest BCUT2D eigenvalue weighted by molar-refractivity contribution is 0.0594. The van der Waals surface area contributed by atoms with Gasteiger partial charge in [0.1, 0.15) is 0 Å². The highest BCUT2D eigenvalue weighted by molar-refractivity contribution is 5.09. The maximum atomic E-state index is 9.38. The average molecular weight is 212 g/mol. The third-order valence-electron chi connectivity index (χ3n) is 2.24. The molecule has 0 fully saturated rings. The normalized spacial score (nSPS) is 13.0. The fraction of sp³-hybridized carbons (Fsp3) is 0.636.